The molecule has 6 rings (SSSR count). The first kappa shape index (κ1) is 27.7. The van der Waals surface area contributed by atoms with Crippen molar-refractivity contribution in [3.8, 4) is 0 Å². The number of hydrogen-bond acceptors (Lipinski definition) is 7. The van der Waals surface area contributed by atoms with Gasteiger partial charge >= 0.3 is 11.0 Å². The summed E-state index contributed by atoms with van der Waals surface area (Å²) in [6.07, 6.45) is -4.69. The van der Waals surface area contributed by atoms with Crippen molar-refractivity contribution >= 4 is 46.5 Å². The zero-order valence-electron chi connectivity index (χ0n) is 21.1. The van der Waals surface area contributed by atoms with Gasteiger partial charge in [-0.25, -0.2) is 9.29 Å². The lowest BCUT2D eigenvalue weighted by Crippen LogP contribution is -2.43. The number of aromatic nitrogens is 1. The maximum absolute atomic E-state index is 13.8. The van der Waals surface area contributed by atoms with E-state index >= 15 is 0 Å². The predicted octanol–water partition coefficient (Wildman–Crippen LogP) is 3.72. The van der Waals surface area contributed by atoms with E-state index in [0.717, 1.165) is 46.2 Å². The summed E-state index contributed by atoms with van der Waals surface area (Å²) in [5.74, 6) is -4.22. The van der Waals surface area contributed by atoms with Gasteiger partial charge in [0.2, 0.25) is 17.7 Å². The van der Waals surface area contributed by atoms with E-state index in [1.54, 1.807) is 4.90 Å². The third-order valence-corrected chi connectivity index (χ3v) is 9.97. The van der Waals surface area contributed by atoms with Crippen molar-refractivity contribution in [2.24, 2.45) is 5.92 Å². The quantitative estimate of drug-likeness (QED) is 0.332. The van der Waals surface area contributed by atoms with Crippen LogP contribution in [0.15, 0.2) is 58.4 Å². The van der Waals surface area contributed by atoms with Gasteiger partial charge in [-0.2, -0.15) is 13.2 Å². The van der Waals surface area contributed by atoms with Gasteiger partial charge < -0.3 is 9.64 Å². The maximum atomic E-state index is 13.8. The Bertz CT molecular complexity index is 1600. The van der Waals surface area contributed by atoms with Crippen molar-refractivity contribution in [1.29, 1.82) is 0 Å². The molecule has 3 aliphatic heterocycles. The monoisotopic (exact) mass is 607 g/mol. The van der Waals surface area contributed by atoms with Crippen LogP contribution in [0.4, 0.5) is 23.2 Å². The number of hydrogen-bond donors (Lipinski definition) is 0. The van der Waals surface area contributed by atoms with Crippen LogP contribution in [0.2, 0.25) is 0 Å². The summed E-state index contributed by atoms with van der Waals surface area (Å²) in [6, 6.07) is 9.27. The molecule has 41 heavy (non-hydrogen) atoms. The largest absolute Gasteiger partial charge is 0.416 e. The molecule has 2 unspecified atom stereocenters. The third kappa shape index (κ3) is 4.87. The summed E-state index contributed by atoms with van der Waals surface area (Å²) < 4.78 is 60.7. The second-order valence-corrected chi connectivity index (χ2v) is 11.9. The van der Waals surface area contributed by atoms with Crippen molar-refractivity contribution in [1.82, 2.24) is 9.47 Å². The van der Waals surface area contributed by atoms with E-state index in [1.807, 2.05) is 0 Å². The Morgan fingerprint density at radius 3 is 2.39 bits per heavy atom. The molecular formula is C27H21F4N3O5S2. The van der Waals surface area contributed by atoms with Gasteiger partial charge in [0.25, 0.3) is 0 Å². The highest BCUT2D eigenvalue weighted by Crippen LogP contribution is 2.54. The van der Waals surface area contributed by atoms with E-state index in [0.29, 0.717) is 41.8 Å². The molecule has 14 heteroatoms. The number of halogens is 4. The first-order valence-electron chi connectivity index (χ1n) is 12.6. The van der Waals surface area contributed by atoms with Gasteiger partial charge in [-0.05, 0) is 35.9 Å². The van der Waals surface area contributed by atoms with E-state index in [1.165, 1.54) is 34.9 Å². The molecule has 0 radical (unpaired) electrons. The Labute approximate surface area is 238 Å². The van der Waals surface area contributed by atoms with Crippen LogP contribution in [0.3, 0.4) is 0 Å². The number of imide groups is 1. The van der Waals surface area contributed by atoms with Crippen LogP contribution in [0.5, 0.6) is 0 Å². The van der Waals surface area contributed by atoms with Crippen molar-refractivity contribution in [3.05, 3.63) is 80.0 Å². The van der Waals surface area contributed by atoms with Crippen LogP contribution in [0.25, 0.3) is 0 Å². The molecule has 4 heterocycles. The summed E-state index contributed by atoms with van der Waals surface area (Å²) in [7, 11) is 0. The minimum Gasteiger partial charge on any atom is -0.378 e. The number of nitrogens with zero attached hydrogens (tertiary/aromatic N) is 3. The smallest absolute Gasteiger partial charge is 0.378 e. The molecule has 0 N–H and O–H groups in total. The lowest BCUT2D eigenvalue weighted by Gasteiger charge is -2.31. The Morgan fingerprint density at radius 2 is 1.71 bits per heavy atom. The number of benzene rings is 2. The van der Waals surface area contributed by atoms with Crippen LogP contribution < -0.4 is 9.77 Å². The normalized spacial score (nSPS) is 22.6. The van der Waals surface area contributed by atoms with E-state index in [9.17, 15) is 36.7 Å². The molecule has 1 aromatic heterocycles. The Morgan fingerprint density at radius 1 is 1.00 bits per heavy atom. The standard InChI is InChI=1S/C27H21F4N3O5S2/c28-16-6-4-14(5-7-16)19-20-21(24(37)34(23(20)36)17-3-1-2-15(12-17)27(29,30)31)40-25-22(19)41-26(38)33(25)13-18(35)32-8-10-39-11-9-32/h1-7,12,19-21H,8-11,13H2/t19-,20?,21?/m0/s1. The molecule has 3 amide bonds. The number of anilines is 1. The van der Waals surface area contributed by atoms with Gasteiger partial charge in [0, 0.05) is 23.9 Å². The molecule has 8 nitrogen and oxygen atoms in total. The van der Waals surface area contributed by atoms with Crippen LogP contribution in [-0.4, -0.2) is 58.7 Å². The van der Waals surface area contributed by atoms with Crippen molar-refractivity contribution in [3.63, 3.8) is 0 Å². The van der Waals surface area contributed by atoms with Gasteiger partial charge in [0.15, 0.2) is 0 Å². The van der Waals surface area contributed by atoms with E-state index < -0.39 is 51.3 Å². The summed E-state index contributed by atoms with van der Waals surface area (Å²) >= 11 is 1.79. The summed E-state index contributed by atoms with van der Waals surface area (Å²) in [6.45, 7) is 1.19. The maximum Gasteiger partial charge on any atom is 0.416 e. The number of rotatable bonds is 4. The van der Waals surface area contributed by atoms with Crippen molar-refractivity contribution in [2.75, 3.05) is 31.2 Å². The summed E-state index contributed by atoms with van der Waals surface area (Å²) in [5, 5.41) is -0.748. The molecule has 0 spiro atoms. The number of morpholine rings is 1. The lowest BCUT2D eigenvalue weighted by molar-refractivity contribution is -0.138. The molecular weight excluding hydrogens is 586 g/mol. The highest BCUT2D eigenvalue weighted by molar-refractivity contribution is 8.00. The van der Waals surface area contributed by atoms with Crippen molar-refractivity contribution in [2.45, 2.75) is 28.9 Å². The number of thioether (sulfide) groups is 1. The zero-order valence-corrected chi connectivity index (χ0v) is 22.7. The third-order valence-electron chi connectivity index (χ3n) is 7.37. The van der Waals surface area contributed by atoms with Crippen LogP contribution >= 0.6 is 23.1 Å². The van der Waals surface area contributed by atoms with E-state index in [-0.39, 0.29) is 18.1 Å². The van der Waals surface area contributed by atoms with Crippen molar-refractivity contribution < 1.29 is 36.7 Å². The fraction of sp³-hybridized carbons (Fsp3) is 0.333. The highest BCUT2D eigenvalue weighted by atomic mass is 32.2. The number of carbonyl (C=O) groups excluding carboxylic acids is 3. The molecule has 3 aliphatic rings. The minimum absolute atomic E-state index is 0.217. The Hall–Kier alpha value is -3.49. The zero-order chi connectivity index (χ0) is 29.1. The van der Waals surface area contributed by atoms with E-state index in [2.05, 4.69) is 0 Å². The van der Waals surface area contributed by atoms with Gasteiger partial charge in [-0.15, -0.1) is 0 Å². The van der Waals surface area contributed by atoms with Gasteiger partial charge in [0.05, 0.1) is 35.4 Å². The number of carbonyl (C=O) groups is 3. The molecule has 3 atom stereocenters. The van der Waals surface area contributed by atoms with Crippen LogP contribution in [0.1, 0.15) is 21.9 Å². The number of thiazole rings is 1. The topological polar surface area (TPSA) is 88.9 Å². The number of ether oxygens (including phenoxy) is 1. The Balaban J connectivity index is 1.43. The van der Waals surface area contributed by atoms with Crippen LogP contribution in [0, 0.1) is 11.7 Å². The number of fused-ring (bicyclic) bond motifs is 2. The minimum atomic E-state index is -4.69. The molecule has 2 aromatic carbocycles. The SMILES string of the molecule is O=C(Cn1c2c(sc1=O)[C@@H](c1ccc(F)cc1)C1C(=O)N(c3cccc(C(F)(F)F)c3)C(=O)C1S2)N1CCOCC1. The van der Waals surface area contributed by atoms with E-state index in [4.69, 9.17) is 4.74 Å². The number of alkyl halides is 3. The first-order valence-corrected chi connectivity index (χ1v) is 14.3. The molecule has 3 aromatic rings. The molecule has 2 fully saturated rings. The second-order valence-electron chi connectivity index (χ2n) is 9.77. The lowest BCUT2D eigenvalue weighted by atomic mass is 9.83. The molecule has 0 saturated carbocycles. The molecule has 0 aliphatic carbocycles. The predicted molar refractivity (Wildman–Crippen MR) is 141 cm³/mol. The average Bonchev–Trinajstić information content (AvgIpc) is 3.39. The molecule has 0 bridgehead atoms. The fourth-order valence-corrected chi connectivity index (χ4v) is 8.18. The molecule has 2 saturated heterocycles. The first-order chi connectivity index (χ1) is 19.5. The van der Waals surface area contributed by atoms with Gasteiger partial charge in [-0.3, -0.25) is 23.7 Å². The molecule has 214 valence electrons. The van der Waals surface area contributed by atoms with Gasteiger partial charge in [-0.1, -0.05) is 41.3 Å². The summed E-state index contributed by atoms with van der Waals surface area (Å²) in [5.41, 5.74) is -0.767. The second kappa shape index (κ2) is 10.4. The van der Waals surface area contributed by atoms with Gasteiger partial charge in [0.1, 0.15) is 17.6 Å². The highest BCUT2D eigenvalue weighted by Gasteiger charge is 2.57. The Kier molecular flexibility index (Phi) is 7.02. The summed E-state index contributed by atoms with van der Waals surface area (Å²) in [4.78, 5) is 56.1. The fourth-order valence-electron chi connectivity index (χ4n) is 5.41. The average molecular weight is 608 g/mol. The number of amides is 3. The van der Waals surface area contributed by atoms with Crippen LogP contribution in [-0.2, 0) is 31.8 Å².